The molecule has 4 rings (SSSR count). The van der Waals surface area contributed by atoms with Crippen molar-refractivity contribution in [2.45, 2.75) is 32.5 Å². The summed E-state index contributed by atoms with van der Waals surface area (Å²) in [4.78, 5) is 28.7. The molecule has 2 amide bonds. The van der Waals surface area contributed by atoms with Crippen molar-refractivity contribution in [2.24, 2.45) is 0 Å². The fourth-order valence-electron chi connectivity index (χ4n) is 3.62. The molecule has 0 radical (unpaired) electrons. The van der Waals surface area contributed by atoms with Gasteiger partial charge >= 0.3 is 6.03 Å². The Morgan fingerprint density at radius 3 is 2.88 bits per heavy atom. The first-order chi connectivity index (χ1) is 12.6. The topological polar surface area (TPSA) is 70.1 Å². The zero-order valence-electron chi connectivity index (χ0n) is 14.7. The van der Waals surface area contributed by atoms with Gasteiger partial charge in [0.2, 0.25) is 5.56 Å². The monoisotopic (exact) mass is 350 g/mol. The van der Waals surface area contributed by atoms with Gasteiger partial charge in [-0.3, -0.25) is 4.79 Å². The molecule has 0 fully saturated rings. The number of aromatic amines is 1. The van der Waals surface area contributed by atoms with Crippen LogP contribution in [0.4, 0.5) is 4.79 Å². The molecular weight excluding hydrogens is 328 g/mol. The van der Waals surface area contributed by atoms with E-state index >= 15 is 0 Å². The Balaban J connectivity index is 1.52. The van der Waals surface area contributed by atoms with Crippen LogP contribution in [-0.2, 0) is 13.1 Å². The first-order valence-corrected chi connectivity index (χ1v) is 8.93. The highest BCUT2D eigenvalue weighted by Gasteiger charge is 2.22. The number of fused-ring (bicyclic) bond motifs is 3. The van der Waals surface area contributed by atoms with Crippen molar-refractivity contribution in [1.82, 2.24) is 19.8 Å². The fraction of sp³-hybridized carbons (Fsp3) is 0.300. The summed E-state index contributed by atoms with van der Waals surface area (Å²) in [6.07, 6.45) is 2.52. The van der Waals surface area contributed by atoms with Crippen molar-refractivity contribution in [2.75, 3.05) is 6.54 Å². The summed E-state index contributed by atoms with van der Waals surface area (Å²) >= 11 is 0. The number of hydrogen-bond donors (Lipinski definition) is 2. The number of para-hydroxylation sites is 1. The van der Waals surface area contributed by atoms with Crippen LogP contribution in [0.5, 0.6) is 0 Å². The number of carbonyl (C=O) groups is 1. The van der Waals surface area contributed by atoms with E-state index in [0.717, 1.165) is 24.2 Å². The molecule has 1 aliphatic heterocycles. The molecule has 0 bridgehead atoms. The number of nitrogens with zero attached hydrogens (tertiary/aromatic N) is 2. The number of benzene rings is 1. The van der Waals surface area contributed by atoms with E-state index in [1.54, 1.807) is 6.20 Å². The maximum absolute atomic E-state index is 12.8. The standard InChI is InChI=1S/C20H22N4O2/c1-14(15-7-8-21-19(25)12-15)22-20(26)23-9-4-10-24-17(13-23)11-16-5-2-3-6-18(16)24/h2-3,5-8,11-12,14H,4,9-10,13H2,1H3,(H,21,25)(H,22,26). The molecule has 2 aromatic heterocycles. The summed E-state index contributed by atoms with van der Waals surface area (Å²) in [5.41, 5.74) is 3.01. The predicted molar refractivity (Wildman–Crippen MR) is 101 cm³/mol. The summed E-state index contributed by atoms with van der Waals surface area (Å²) in [5.74, 6) is 0. The van der Waals surface area contributed by atoms with E-state index in [9.17, 15) is 9.59 Å². The van der Waals surface area contributed by atoms with Crippen LogP contribution in [0.15, 0.2) is 53.5 Å². The van der Waals surface area contributed by atoms with Crippen molar-refractivity contribution in [1.29, 1.82) is 0 Å². The maximum atomic E-state index is 12.8. The van der Waals surface area contributed by atoms with E-state index in [2.05, 4.69) is 33.1 Å². The molecule has 0 saturated carbocycles. The molecule has 26 heavy (non-hydrogen) atoms. The van der Waals surface area contributed by atoms with Gasteiger partial charge in [-0.1, -0.05) is 18.2 Å². The molecule has 6 nitrogen and oxygen atoms in total. The van der Waals surface area contributed by atoms with Crippen molar-refractivity contribution in [3.63, 3.8) is 0 Å². The minimum absolute atomic E-state index is 0.100. The maximum Gasteiger partial charge on any atom is 0.318 e. The largest absolute Gasteiger partial charge is 0.343 e. The molecule has 1 unspecified atom stereocenters. The zero-order valence-corrected chi connectivity index (χ0v) is 14.7. The molecule has 1 atom stereocenters. The molecular formula is C20H22N4O2. The molecule has 1 aromatic carbocycles. The number of amides is 2. The van der Waals surface area contributed by atoms with Crippen LogP contribution in [0.2, 0.25) is 0 Å². The number of rotatable bonds is 2. The Hall–Kier alpha value is -3.02. The first kappa shape index (κ1) is 16.4. The van der Waals surface area contributed by atoms with Gasteiger partial charge in [0.15, 0.2) is 0 Å². The van der Waals surface area contributed by atoms with E-state index in [0.29, 0.717) is 13.1 Å². The Morgan fingerprint density at radius 2 is 2.04 bits per heavy atom. The van der Waals surface area contributed by atoms with Crippen molar-refractivity contribution in [3.8, 4) is 0 Å². The molecule has 6 heteroatoms. The van der Waals surface area contributed by atoms with Crippen molar-refractivity contribution < 1.29 is 4.79 Å². The molecule has 134 valence electrons. The highest BCUT2D eigenvalue weighted by molar-refractivity contribution is 5.82. The summed E-state index contributed by atoms with van der Waals surface area (Å²) in [5, 5.41) is 4.22. The van der Waals surface area contributed by atoms with Crippen LogP contribution in [0, 0.1) is 0 Å². The summed E-state index contributed by atoms with van der Waals surface area (Å²) in [7, 11) is 0. The third kappa shape index (κ3) is 3.10. The number of H-pyrrole nitrogens is 1. The smallest absolute Gasteiger partial charge is 0.318 e. The van der Waals surface area contributed by atoms with Crippen LogP contribution in [-0.4, -0.2) is 27.0 Å². The van der Waals surface area contributed by atoms with Gasteiger partial charge in [-0.25, -0.2) is 4.79 Å². The molecule has 0 spiro atoms. The van der Waals surface area contributed by atoms with Gasteiger partial charge in [-0.15, -0.1) is 0 Å². The molecule has 1 aliphatic rings. The molecule has 2 N–H and O–H groups in total. The lowest BCUT2D eigenvalue weighted by Crippen LogP contribution is -2.40. The van der Waals surface area contributed by atoms with Gasteiger partial charge in [0.1, 0.15) is 0 Å². The molecule has 0 aliphatic carbocycles. The lowest BCUT2D eigenvalue weighted by molar-refractivity contribution is 0.192. The van der Waals surface area contributed by atoms with Crippen molar-refractivity contribution >= 4 is 16.9 Å². The van der Waals surface area contributed by atoms with E-state index in [-0.39, 0.29) is 17.6 Å². The minimum atomic E-state index is -0.223. The Morgan fingerprint density at radius 1 is 1.19 bits per heavy atom. The normalized spacial score (nSPS) is 15.3. The summed E-state index contributed by atoms with van der Waals surface area (Å²) < 4.78 is 2.31. The lowest BCUT2D eigenvalue weighted by atomic mass is 10.1. The van der Waals surface area contributed by atoms with Gasteiger partial charge in [-0.05, 0) is 42.5 Å². The quantitative estimate of drug-likeness (QED) is 0.746. The molecule has 3 aromatic rings. The van der Waals surface area contributed by atoms with Crippen LogP contribution in [0.3, 0.4) is 0 Å². The van der Waals surface area contributed by atoms with Gasteiger partial charge in [0.25, 0.3) is 0 Å². The number of aryl methyl sites for hydroxylation is 1. The highest BCUT2D eigenvalue weighted by Crippen LogP contribution is 2.24. The Labute approximate surface area is 151 Å². The van der Waals surface area contributed by atoms with E-state index in [1.165, 1.54) is 17.0 Å². The van der Waals surface area contributed by atoms with E-state index in [4.69, 9.17) is 0 Å². The Kier molecular flexibility index (Phi) is 4.24. The highest BCUT2D eigenvalue weighted by atomic mass is 16.2. The average Bonchev–Trinajstić information content (AvgIpc) is 2.84. The molecule has 0 saturated heterocycles. The van der Waals surface area contributed by atoms with Gasteiger partial charge in [0, 0.05) is 36.6 Å². The first-order valence-electron chi connectivity index (χ1n) is 8.93. The predicted octanol–water partition coefficient (Wildman–Crippen LogP) is 3.01. The fourth-order valence-corrected chi connectivity index (χ4v) is 3.62. The SMILES string of the molecule is CC(NC(=O)N1CCCn2c(cc3ccccc32)C1)c1cc[nH]c(=O)c1. The van der Waals surface area contributed by atoms with E-state index < -0.39 is 0 Å². The number of urea groups is 1. The lowest BCUT2D eigenvalue weighted by Gasteiger charge is -2.23. The van der Waals surface area contributed by atoms with Gasteiger partial charge in [-0.2, -0.15) is 0 Å². The number of hydrogen-bond acceptors (Lipinski definition) is 2. The zero-order chi connectivity index (χ0) is 18.1. The summed E-state index contributed by atoms with van der Waals surface area (Å²) in [6.45, 7) is 4.10. The third-order valence-electron chi connectivity index (χ3n) is 4.99. The number of nitrogens with one attached hydrogen (secondary N) is 2. The van der Waals surface area contributed by atoms with Crippen molar-refractivity contribution in [3.05, 3.63) is 70.3 Å². The van der Waals surface area contributed by atoms with Crippen LogP contribution < -0.4 is 10.9 Å². The summed E-state index contributed by atoms with van der Waals surface area (Å²) in [6, 6.07) is 13.5. The van der Waals surface area contributed by atoms with Gasteiger partial charge < -0.3 is 19.8 Å². The Bertz CT molecular complexity index is 1000. The van der Waals surface area contributed by atoms with E-state index in [1.807, 2.05) is 30.0 Å². The second-order valence-corrected chi connectivity index (χ2v) is 6.78. The minimum Gasteiger partial charge on any atom is -0.343 e. The van der Waals surface area contributed by atoms with Gasteiger partial charge in [0.05, 0.1) is 12.6 Å². The van der Waals surface area contributed by atoms with Crippen LogP contribution >= 0.6 is 0 Å². The number of pyridine rings is 1. The second kappa shape index (κ2) is 6.71. The number of aromatic nitrogens is 2. The number of carbonyl (C=O) groups excluding carboxylic acids is 1. The second-order valence-electron chi connectivity index (χ2n) is 6.78. The average molecular weight is 350 g/mol. The molecule has 3 heterocycles. The third-order valence-corrected chi connectivity index (χ3v) is 4.99. The van der Waals surface area contributed by atoms with Crippen LogP contribution in [0.25, 0.3) is 10.9 Å². The van der Waals surface area contributed by atoms with Crippen LogP contribution in [0.1, 0.15) is 30.6 Å².